The van der Waals surface area contributed by atoms with Crippen LogP contribution in [0.1, 0.15) is 18.1 Å². The van der Waals surface area contributed by atoms with Gasteiger partial charge in [0.25, 0.3) is 11.8 Å². The molecule has 2 amide bonds. The Morgan fingerprint density at radius 3 is 2.19 bits per heavy atom. The molecule has 0 saturated carbocycles. The highest BCUT2D eigenvalue weighted by atomic mass is 35.5. The second-order valence-corrected chi connectivity index (χ2v) is 7.76. The summed E-state index contributed by atoms with van der Waals surface area (Å²) in [5.74, 6) is -0.0471. The zero-order chi connectivity index (χ0) is 22.7. The number of amides is 2. The van der Waals surface area contributed by atoms with E-state index >= 15 is 0 Å². The molecule has 0 saturated heterocycles. The standard InChI is InChI=1S/C26H23ClN2O3/c1-3-28(21-10-5-4-6-11-21)24-23(18-13-15-20(27)16-14-18)25(30)29(26(24)31)17-19-9-7-8-12-22(19)32-2/h4-16H,3,17H2,1-2H3. The molecule has 32 heavy (non-hydrogen) atoms. The lowest BCUT2D eigenvalue weighted by Crippen LogP contribution is -2.35. The molecule has 162 valence electrons. The van der Waals surface area contributed by atoms with Crippen LogP contribution in [0.3, 0.4) is 0 Å². The lowest BCUT2D eigenvalue weighted by atomic mass is 10.0. The number of nitrogens with zero attached hydrogens (tertiary/aromatic N) is 2. The van der Waals surface area contributed by atoms with Crippen molar-refractivity contribution in [3.63, 3.8) is 0 Å². The molecule has 0 N–H and O–H groups in total. The van der Waals surface area contributed by atoms with Crippen molar-refractivity contribution < 1.29 is 14.3 Å². The summed E-state index contributed by atoms with van der Waals surface area (Å²) >= 11 is 6.07. The number of anilines is 1. The average molecular weight is 447 g/mol. The third kappa shape index (κ3) is 3.99. The zero-order valence-corrected chi connectivity index (χ0v) is 18.7. The smallest absolute Gasteiger partial charge is 0.278 e. The number of hydrogen-bond donors (Lipinski definition) is 0. The van der Waals surface area contributed by atoms with Crippen LogP contribution in [0.5, 0.6) is 5.75 Å². The first kappa shape index (κ1) is 21.7. The summed E-state index contributed by atoms with van der Waals surface area (Å²) in [5.41, 5.74) is 2.99. The van der Waals surface area contributed by atoms with E-state index < -0.39 is 0 Å². The van der Waals surface area contributed by atoms with Crippen molar-refractivity contribution in [3.8, 4) is 5.75 Å². The average Bonchev–Trinajstić information content (AvgIpc) is 3.06. The fourth-order valence-electron chi connectivity index (χ4n) is 3.92. The maximum atomic E-state index is 13.7. The predicted molar refractivity (Wildman–Crippen MR) is 126 cm³/mol. The number of methoxy groups -OCH3 is 1. The van der Waals surface area contributed by atoms with Gasteiger partial charge in [0.15, 0.2) is 0 Å². The van der Waals surface area contributed by atoms with Gasteiger partial charge in [-0.25, -0.2) is 0 Å². The van der Waals surface area contributed by atoms with E-state index in [9.17, 15) is 9.59 Å². The molecule has 0 atom stereocenters. The minimum absolute atomic E-state index is 0.120. The van der Waals surface area contributed by atoms with Crippen LogP contribution >= 0.6 is 11.6 Å². The maximum absolute atomic E-state index is 13.7. The van der Waals surface area contributed by atoms with E-state index in [2.05, 4.69) is 0 Å². The Morgan fingerprint density at radius 1 is 0.875 bits per heavy atom. The molecule has 0 aromatic heterocycles. The largest absolute Gasteiger partial charge is 0.496 e. The monoisotopic (exact) mass is 446 g/mol. The molecular formula is C26H23ClN2O3. The molecule has 6 heteroatoms. The molecule has 0 radical (unpaired) electrons. The second kappa shape index (κ2) is 9.28. The highest BCUT2D eigenvalue weighted by Gasteiger charge is 2.41. The van der Waals surface area contributed by atoms with Gasteiger partial charge in [-0.3, -0.25) is 14.5 Å². The van der Waals surface area contributed by atoms with Crippen LogP contribution in [0, 0.1) is 0 Å². The van der Waals surface area contributed by atoms with E-state index in [1.54, 1.807) is 31.4 Å². The van der Waals surface area contributed by atoms with Crippen LogP contribution in [-0.4, -0.2) is 30.4 Å². The van der Waals surface area contributed by atoms with Gasteiger partial charge in [0.1, 0.15) is 11.4 Å². The number of rotatable bonds is 7. The molecular weight excluding hydrogens is 424 g/mol. The summed E-state index contributed by atoms with van der Waals surface area (Å²) in [6.45, 7) is 2.60. The molecule has 0 unspecified atom stereocenters. The van der Waals surface area contributed by atoms with Gasteiger partial charge in [-0.05, 0) is 42.8 Å². The summed E-state index contributed by atoms with van der Waals surface area (Å²) < 4.78 is 5.43. The number of likely N-dealkylation sites (N-methyl/N-ethyl adjacent to an activating group) is 1. The molecule has 1 aliphatic heterocycles. The zero-order valence-electron chi connectivity index (χ0n) is 17.9. The summed E-state index contributed by atoms with van der Waals surface area (Å²) in [4.78, 5) is 30.5. The van der Waals surface area contributed by atoms with Gasteiger partial charge in [-0.15, -0.1) is 0 Å². The van der Waals surface area contributed by atoms with Gasteiger partial charge in [0.05, 0.1) is 19.2 Å². The Bertz CT molecular complexity index is 1170. The summed E-state index contributed by atoms with van der Waals surface area (Å²) in [6.07, 6.45) is 0. The topological polar surface area (TPSA) is 49.9 Å². The van der Waals surface area contributed by atoms with Crippen molar-refractivity contribution in [2.75, 3.05) is 18.6 Å². The van der Waals surface area contributed by atoms with E-state index in [-0.39, 0.29) is 18.4 Å². The number of carbonyl (C=O) groups excluding carboxylic acids is 2. The minimum Gasteiger partial charge on any atom is -0.496 e. The number of hydrogen-bond acceptors (Lipinski definition) is 4. The van der Waals surface area contributed by atoms with E-state index in [4.69, 9.17) is 16.3 Å². The number of para-hydroxylation sites is 2. The van der Waals surface area contributed by atoms with Crippen LogP contribution < -0.4 is 9.64 Å². The van der Waals surface area contributed by atoms with Crippen molar-refractivity contribution in [3.05, 3.63) is 101 Å². The Hall–Kier alpha value is -3.57. The highest BCUT2D eigenvalue weighted by Crippen LogP contribution is 2.36. The van der Waals surface area contributed by atoms with Gasteiger partial charge in [0, 0.05) is 22.8 Å². The van der Waals surface area contributed by atoms with Gasteiger partial charge < -0.3 is 9.64 Å². The molecule has 1 heterocycles. The fourth-order valence-corrected chi connectivity index (χ4v) is 4.04. The van der Waals surface area contributed by atoms with Crippen LogP contribution in [0.15, 0.2) is 84.6 Å². The number of halogens is 1. The molecule has 0 aliphatic carbocycles. The molecule has 0 spiro atoms. The molecule has 5 nitrogen and oxygen atoms in total. The first-order valence-corrected chi connectivity index (χ1v) is 10.7. The SMILES string of the molecule is CCN(C1=C(c2ccc(Cl)cc2)C(=O)N(Cc2ccccc2OC)C1=O)c1ccccc1. The first-order valence-electron chi connectivity index (χ1n) is 10.4. The summed E-state index contributed by atoms with van der Waals surface area (Å²) in [5, 5.41) is 0.564. The molecule has 0 bridgehead atoms. The number of ether oxygens (including phenoxy) is 1. The Kier molecular flexibility index (Phi) is 6.28. The minimum atomic E-state index is -0.340. The van der Waals surface area contributed by atoms with Crippen LogP contribution in [0.25, 0.3) is 5.57 Å². The normalized spacial score (nSPS) is 13.7. The quantitative estimate of drug-likeness (QED) is 0.471. The van der Waals surface area contributed by atoms with Gasteiger partial charge in [-0.1, -0.05) is 60.1 Å². The van der Waals surface area contributed by atoms with Gasteiger partial charge in [-0.2, -0.15) is 0 Å². The molecule has 4 rings (SSSR count). The van der Waals surface area contributed by atoms with Crippen LogP contribution in [-0.2, 0) is 16.1 Å². The van der Waals surface area contributed by atoms with E-state index in [1.165, 1.54) is 4.90 Å². The van der Waals surface area contributed by atoms with Crippen LogP contribution in [0.2, 0.25) is 5.02 Å². The van der Waals surface area contributed by atoms with Crippen molar-refractivity contribution >= 4 is 34.7 Å². The van der Waals surface area contributed by atoms with E-state index in [0.29, 0.717) is 34.2 Å². The summed E-state index contributed by atoms with van der Waals surface area (Å²) in [6, 6.07) is 24.0. The molecule has 3 aromatic carbocycles. The predicted octanol–water partition coefficient (Wildman–Crippen LogP) is 5.16. The number of imide groups is 1. The Morgan fingerprint density at radius 2 is 1.53 bits per heavy atom. The highest BCUT2D eigenvalue weighted by molar-refractivity contribution is 6.37. The Labute approximate surface area is 192 Å². The molecule has 3 aromatic rings. The van der Waals surface area contributed by atoms with Crippen LogP contribution in [0.4, 0.5) is 5.69 Å². The van der Waals surface area contributed by atoms with E-state index in [1.807, 2.05) is 66.4 Å². The number of carbonyl (C=O) groups is 2. The maximum Gasteiger partial charge on any atom is 0.278 e. The third-order valence-corrected chi connectivity index (χ3v) is 5.70. The molecule has 0 fully saturated rings. The van der Waals surface area contributed by atoms with Gasteiger partial charge >= 0.3 is 0 Å². The fraction of sp³-hybridized carbons (Fsp3) is 0.154. The second-order valence-electron chi connectivity index (χ2n) is 7.32. The van der Waals surface area contributed by atoms with E-state index in [0.717, 1.165) is 11.3 Å². The lowest BCUT2D eigenvalue weighted by Gasteiger charge is -2.25. The van der Waals surface area contributed by atoms with Crippen molar-refractivity contribution in [2.45, 2.75) is 13.5 Å². The third-order valence-electron chi connectivity index (χ3n) is 5.45. The molecule has 1 aliphatic rings. The van der Waals surface area contributed by atoms with Crippen molar-refractivity contribution in [1.82, 2.24) is 4.90 Å². The van der Waals surface area contributed by atoms with Crippen molar-refractivity contribution in [1.29, 1.82) is 0 Å². The lowest BCUT2D eigenvalue weighted by molar-refractivity contribution is -0.137. The Balaban J connectivity index is 1.82. The first-order chi connectivity index (χ1) is 15.5. The van der Waals surface area contributed by atoms with Crippen molar-refractivity contribution in [2.24, 2.45) is 0 Å². The van der Waals surface area contributed by atoms with Gasteiger partial charge in [0.2, 0.25) is 0 Å². The summed E-state index contributed by atoms with van der Waals surface area (Å²) in [7, 11) is 1.57. The number of benzene rings is 3.